The number of nitrogens with zero attached hydrogens (tertiary/aromatic N) is 4. The van der Waals surface area contributed by atoms with Crippen molar-refractivity contribution in [3.05, 3.63) is 60.3 Å². The Morgan fingerprint density at radius 3 is 2.73 bits per heavy atom. The van der Waals surface area contributed by atoms with Crippen LogP contribution in [-0.4, -0.2) is 14.1 Å². The van der Waals surface area contributed by atoms with Crippen molar-refractivity contribution in [2.24, 2.45) is 7.05 Å². The zero-order chi connectivity index (χ0) is 15.5. The number of imidazole rings is 1. The van der Waals surface area contributed by atoms with E-state index >= 15 is 0 Å². The number of anilines is 1. The molecule has 0 saturated heterocycles. The lowest BCUT2D eigenvalue weighted by atomic mass is 10.4. The van der Waals surface area contributed by atoms with Crippen molar-refractivity contribution in [3.8, 4) is 6.07 Å². The van der Waals surface area contributed by atoms with Crippen molar-refractivity contribution in [1.82, 2.24) is 14.1 Å². The number of hydrogen-bond donors (Lipinski definition) is 1. The smallest absolute Gasteiger partial charge is 0.128 e. The van der Waals surface area contributed by atoms with E-state index in [2.05, 4.69) is 11.1 Å². The predicted molar refractivity (Wildman–Crippen MR) is 86.4 cm³/mol. The highest BCUT2D eigenvalue weighted by Crippen LogP contribution is 2.34. The molecule has 1 aromatic carbocycles. The van der Waals surface area contributed by atoms with Crippen molar-refractivity contribution in [2.45, 2.75) is 16.5 Å². The highest BCUT2D eigenvalue weighted by atomic mass is 32.2. The van der Waals surface area contributed by atoms with Crippen LogP contribution in [-0.2, 0) is 13.6 Å². The first-order valence-electron chi connectivity index (χ1n) is 6.77. The van der Waals surface area contributed by atoms with E-state index in [1.165, 1.54) is 0 Å². The fraction of sp³-hybridized carbons (Fsp3) is 0.125. The van der Waals surface area contributed by atoms with Gasteiger partial charge in [-0.1, -0.05) is 30.0 Å². The molecule has 0 amide bonds. The van der Waals surface area contributed by atoms with Crippen molar-refractivity contribution in [2.75, 3.05) is 5.73 Å². The third kappa shape index (κ3) is 2.71. The molecule has 6 heteroatoms. The van der Waals surface area contributed by atoms with Gasteiger partial charge in [-0.25, -0.2) is 4.98 Å². The summed E-state index contributed by atoms with van der Waals surface area (Å²) in [5.74, 6) is 0.877. The van der Waals surface area contributed by atoms with Crippen molar-refractivity contribution < 1.29 is 0 Å². The normalized spacial score (nSPS) is 10.5. The van der Waals surface area contributed by atoms with Gasteiger partial charge in [0, 0.05) is 24.3 Å². The first-order valence-corrected chi connectivity index (χ1v) is 7.59. The predicted octanol–water partition coefficient (Wildman–Crippen LogP) is 2.87. The minimum atomic E-state index is 0.513. The molecule has 0 aliphatic heterocycles. The van der Waals surface area contributed by atoms with Crippen LogP contribution in [0.15, 0.2) is 58.7 Å². The second kappa shape index (κ2) is 6.00. The van der Waals surface area contributed by atoms with Crippen LogP contribution in [0.3, 0.4) is 0 Å². The molecule has 0 unspecified atom stereocenters. The van der Waals surface area contributed by atoms with E-state index in [0.29, 0.717) is 17.9 Å². The number of nitrogens with two attached hydrogens (primary N) is 1. The Bertz CT molecular complexity index is 826. The van der Waals surface area contributed by atoms with Gasteiger partial charge < -0.3 is 14.9 Å². The topological polar surface area (TPSA) is 72.6 Å². The van der Waals surface area contributed by atoms with Gasteiger partial charge >= 0.3 is 0 Å². The molecule has 0 saturated carbocycles. The van der Waals surface area contributed by atoms with Crippen LogP contribution in [0, 0.1) is 11.3 Å². The minimum Gasteiger partial charge on any atom is -0.397 e. The van der Waals surface area contributed by atoms with Crippen molar-refractivity contribution >= 4 is 17.4 Å². The van der Waals surface area contributed by atoms with Crippen LogP contribution in [0.5, 0.6) is 0 Å². The zero-order valence-electron chi connectivity index (χ0n) is 12.1. The molecular weight excluding hydrogens is 294 g/mol. The monoisotopic (exact) mass is 309 g/mol. The first kappa shape index (κ1) is 14.3. The number of nitriles is 1. The third-order valence-electron chi connectivity index (χ3n) is 3.37. The summed E-state index contributed by atoms with van der Waals surface area (Å²) in [7, 11) is 1.94. The molecule has 0 radical (unpaired) electrons. The lowest BCUT2D eigenvalue weighted by molar-refractivity contribution is 0.657. The fourth-order valence-corrected chi connectivity index (χ4v) is 3.17. The van der Waals surface area contributed by atoms with Gasteiger partial charge in [0.15, 0.2) is 0 Å². The largest absolute Gasteiger partial charge is 0.397 e. The molecule has 2 aromatic heterocycles. The zero-order valence-corrected chi connectivity index (χ0v) is 12.9. The van der Waals surface area contributed by atoms with E-state index in [9.17, 15) is 5.26 Å². The second-order valence-electron chi connectivity index (χ2n) is 4.86. The van der Waals surface area contributed by atoms with Gasteiger partial charge in [-0.3, -0.25) is 0 Å². The molecule has 0 atom stereocenters. The number of aryl methyl sites for hydroxylation is 1. The number of aromatic nitrogens is 3. The summed E-state index contributed by atoms with van der Waals surface area (Å²) in [6.07, 6.45) is 3.64. The summed E-state index contributed by atoms with van der Waals surface area (Å²) in [5, 5.41) is 10.2. The average molecular weight is 309 g/mol. The van der Waals surface area contributed by atoms with Gasteiger partial charge in [-0.05, 0) is 18.2 Å². The third-order valence-corrected chi connectivity index (χ3v) is 4.53. The van der Waals surface area contributed by atoms with Crippen LogP contribution < -0.4 is 5.73 Å². The fourth-order valence-electron chi connectivity index (χ4n) is 2.21. The molecule has 0 spiro atoms. The van der Waals surface area contributed by atoms with E-state index in [1.54, 1.807) is 24.0 Å². The van der Waals surface area contributed by atoms with Gasteiger partial charge in [0.1, 0.15) is 22.6 Å². The lowest BCUT2D eigenvalue weighted by Gasteiger charge is -2.11. The van der Waals surface area contributed by atoms with E-state index in [0.717, 1.165) is 15.7 Å². The number of nitrogen functional groups attached to an aromatic ring is 1. The molecule has 0 bridgehead atoms. The van der Waals surface area contributed by atoms with Gasteiger partial charge in [0.05, 0.1) is 12.2 Å². The Kier molecular flexibility index (Phi) is 3.90. The summed E-state index contributed by atoms with van der Waals surface area (Å²) in [5.41, 5.74) is 7.26. The quantitative estimate of drug-likeness (QED) is 0.804. The minimum absolute atomic E-state index is 0.513. The Morgan fingerprint density at radius 1 is 1.32 bits per heavy atom. The molecule has 0 aliphatic carbocycles. The van der Waals surface area contributed by atoms with Crippen LogP contribution in [0.2, 0.25) is 0 Å². The van der Waals surface area contributed by atoms with Gasteiger partial charge in [0.2, 0.25) is 0 Å². The molecule has 22 heavy (non-hydrogen) atoms. The Morgan fingerprint density at radius 2 is 2.09 bits per heavy atom. The molecule has 3 aromatic rings. The van der Waals surface area contributed by atoms with Crippen LogP contribution in [0.4, 0.5) is 5.69 Å². The molecular formula is C16H15N5S. The molecule has 0 fully saturated rings. The highest BCUT2D eigenvalue weighted by molar-refractivity contribution is 7.99. The van der Waals surface area contributed by atoms with E-state index in [1.807, 2.05) is 52.7 Å². The van der Waals surface area contributed by atoms with Crippen LogP contribution in [0.1, 0.15) is 11.5 Å². The van der Waals surface area contributed by atoms with Gasteiger partial charge in [0.25, 0.3) is 0 Å². The number of rotatable bonds is 4. The van der Waals surface area contributed by atoms with Crippen LogP contribution in [0.25, 0.3) is 0 Å². The van der Waals surface area contributed by atoms with Crippen LogP contribution >= 0.6 is 11.8 Å². The Labute approximate surface area is 133 Å². The van der Waals surface area contributed by atoms with E-state index < -0.39 is 0 Å². The molecule has 5 nitrogen and oxygen atoms in total. The second-order valence-corrected chi connectivity index (χ2v) is 5.92. The summed E-state index contributed by atoms with van der Waals surface area (Å²) < 4.78 is 3.85. The molecule has 110 valence electrons. The van der Waals surface area contributed by atoms with E-state index in [4.69, 9.17) is 5.73 Å². The van der Waals surface area contributed by atoms with Gasteiger partial charge in [-0.15, -0.1) is 0 Å². The first-order chi connectivity index (χ1) is 10.7. The molecule has 2 heterocycles. The number of benzene rings is 1. The summed E-state index contributed by atoms with van der Waals surface area (Å²) >= 11 is 1.55. The summed E-state index contributed by atoms with van der Waals surface area (Å²) in [6.45, 7) is 0.513. The van der Waals surface area contributed by atoms with Crippen molar-refractivity contribution in [3.63, 3.8) is 0 Å². The average Bonchev–Trinajstić information content (AvgIpc) is 3.06. The summed E-state index contributed by atoms with van der Waals surface area (Å²) in [4.78, 5) is 5.41. The number of hydrogen-bond acceptors (Lipinski definition) is 4. The summed E-state index contributed by atoms with van der Waals surface area (Å²) in [6, 6.07) is 13.9. The maximum absolute atomic E-state index is 9.36. The molecule has 3 rings (SSSR count). The van der Waals surface area contributed by atoms with E-state index in [-0.39, 0.29) is 0 Å². The maximum atomic E-state index is 9.36. The molecule has 0 aliphatic rings. The Balaban J connectivity index is 2.01. The SMILES string of the molecule is Cn1ccnc1Cn1c(C#N)cc(N)c1Sc1ccccc1. The highest BCUT2D eigenvalue weighted by Gasteiger charge is 2.16. The maximum Gasteiger partial charge on any atom is 0.128 e. The lowest BCUT2D eigenvalue weighted by Crippen LogP contribution is -2.08. The van der Waals surface area contributed by atoms with Crippen molar-refractivity contribution in [1.29, 1.82) is 5.26 Å². The standard InChI is InChI=1S/C16H15N5S/c1-20-8-7-19-15(20)11-21-12(10-17)9-14(18)16(21)22-13-5-3-2-4-6-13/h2-9H,11,18H2,1H3. The Hall–Kier alpha value is -2.65. The molecule has 2 N–H and O–H groups in total. The van der Waals surface area contributed by atoms with Gasteiger partial charge in [-0.2, -0.15) is 5.26 Å².